The molecule has 0 saturated carbocycles. The van der Waals surface area contributed by atoms with Crippen LogP contribution in [0.15, 0.2) is 70.5 Å². The molecule has 7 nitrogen and oxygen atoms in total. The van der Waals surface area contributed by atoms with Gasteiger partial charge in [0.15, 0.2) is 0 Å². The number of carbonyl (C=O) groups is 2. The summed E-state index contributed by atoms with van der Waals surface area (Å²) < 4.78 is 0. The zero-order valence-corrected chi connectivity index (χ0v) is 13.0. The summed E-state index contributed by atoms with van der Waals surface area (Å²) in [5.41, 5.74) is 0.540. The number of nitro groups is 1. The number of nitrogens with zero attached hydrogens (tertiary/aromatic N) is 1. The van der Waals surface area contributed by atoms with Gasteiger partial charge in [0, 0.05) is 33.7 Å². The molecule has 0 aliphatic heterocycles. The fourth-order valence-corrected chi connectivity index (χ4v) is 2.52. The first-order chi connectivity index (χ1) is 11.4. The van der Waals surface area contributed by atoms with Gasteiger partial charge in [-0.1, -0.05) is 11.8 Å². The zero-order valence-electron chi connectivity index (χ0n) is 12.2. The van der Waals surface area contributed by atoms with Gasteiger partial charge < -0.3 is 15.2 Å². The molecule has 0 heterocycles. The van der Waals surface area contributed by atoms with Crippen LogP contribution in [0.2, 0.25) is 0 Å². The lowest BCUT2D eigenvalue weighted by Crippen LogP contribution is -2.20. The van der Waals surface area contributed by atoms with Crippen molar-refractivity contribution < 1.29 is 19.6 Å². The third-order valence-electron chi connectivity index (χ3n) is 2.78. The Balaban J connectivity index is 1.97. The van der Waals surface area contributed by atoms with Crippen LogP contribution in [0.4, 0.5) is 11.4 Å². The highest BCUT2D eigenvalue weighted by atomic mass is 32.2. The maximum atomic E-state index is 11.4. The van der Waals surface area contributed by atoms with Crippen LogP contribution in [0.3, 0.4) is 0 Å². The normalized spacial score (nSPS) is 10.5. The Morgan fingerprint density at radius 2 is 1.50 bits per heavy atom. The molecule has 0 aromatic heterocycles. The molecule has 2 aromatic carbocycles. The predicted molar refractivity (Wildman–Crippen MR) is 86.4 cm³/mol. The van der Waals surface area contributed by atoms with Gasteiger partial charge in [-0.2, -0.15) is 0 Å². The Hall–Kier alpha value is -3.13. The maximum absolute atomic E-state index is 11.4. The predicted octanol–water partition coefficient (Wildman–Crippen LogP) is 1.99. The second kappa shape index (κ2) is 7.93. The second-order valence-corrected chi connectivity index (χ2v) is 5.67. The van der Waals surface area contributed by atoms with Crippen molar-refractivity contribution in [2.24, 2.45) is 0 Å². The highest BCUT2D eigenvalue weighted by Gasteiger charge is 2.05. The quantitative estimate of drug-likeness (QED) is 0.487. The summed E-state index contributed by atoms with van der Waals surface area (Å²) in [7, 11) is 0. The van der Waals surface area contributed by atoms with Crippen LogP contribution in [0.5, 0.6) is 0 Å². The minimum absolute atomic E-state index is 0.0297. The van der Waals surface area contributed by atoms with E-state index in [2.05, 4.69) is 5.32 Å². The molecule has 0 radical (unpaired) electrons. The van der Waals surface area contributed by atoms with Gasteiger partial charge in [0.25, 0.3) is 5.69 Å². The van der Waals surface area contributed by atoms with E-state index in [0.717, 1.165) is 15.9 Å². The van der Waals surface area contributed by atoms with Gasteiger partial charge in [0.1, 0.15) is 0 Å². The first-order valence-electron chi connectivity index (χ1n) is 6.66. The number of nitro benzene ring substituents is 1. The summed E-state index contributed by atoms with van der Waals surface area (Å²) >= 11 is 1.41. The van der Waals surface area contributed by atoms with Crippen molar-refractivity contribution in [3.8, 4) is 0 Å². The second-order valence-electron chi connectivity index (χ2n) is 4.52. The zero-order chi connectivity index (χ0) is 17.5. The monoisotopic (exact) mass is 343 g/mol. The van der Waals surface area contributed by atoms with E-state index in [1.54, 1.807) is 36.4 Å². The number of nitrogens with one attached hydrogen (secondary N) is 1. The van der Waals surface area contributed by atoms with E-state index in [-0.39, 0.29) is 5.69 Å². The molecule has 0 bridgehead atoms. The Kier molecular flexibility index (Phi) is 5.69. The van der Waals surface area contributed by atoms with E-state index in [9.17, 15) is 24.8 Å². The number of carboxylic acids is 1. The largest absolute Gasteiger partial charge is 0.545 e. The Morgan fingerprint density at radius 3 is 2.00 bits per heavy atom. The van der Waals surface area contributed by atoms with Crippen molar-refractivity contribution in [3.05, 3.63) is 70.8 Å². The van der Waals surface area contributed by atoms with E-state index in [0.29, 0.717) is 11.8 Å². The summed E-state index contributed by atoms with van der Waals surface area (Å²) in [6.07, 6.45) is 1.52. The SMILES string of the molecule is O=C([O-])C=CC(=O)Nc1ccc(Sc2ccc([N+](=O)[O-])cc2)cc1. The van der Waals surface area contributed by atoms with Crippen LogP contribution >= 0.6 is 11.8 Å². The molecular weight excluding hydrogens is 332 g/mol. The van der Waals surface area contributed by atoms with Gasteiger partial charge in [-0.3, -0.25) is 14.9 Å². The van der Waals surface area contributed by atoms with Crippen LogP contribution in [0.1, 0.15) is 0 Å². The average Bonchev–Trinajstić information content (AvgIpc) is 2.55. The molecule has 1 amide bonds. The molecule has 24 heavy (non-hydrogen) atoms. The third kappa shape index (κ3) is 5.25. The van der Waals surface area contributed by atoms with Crippen LogP contribution in [-0.4, -0.2) is 16.8 Å². The lowest BCUT2D eigenvalue weighted by atomic mass is 10.3. The number of carboxylic acid groups (broad SMARTS) is 1. The molecule has 0 unspecified atom stereocenters. The van der Waals surface area contributed by atoms with Crippen molar-refractivity contribution in [2.45, 2.75) is 9.79 Å². The van der Waals surface area contributed by atoms with Crippen molar-refractivity contribution in [3.63, 3.8) is 0 Å². The molecule has 8 heteroatoms. The fourth-order valence-electron chi connectivity index (χ4n) is 1.71. The number of carbonyl (C=O) groups excluding carboxylic acids is 2. The van der Waals surface area contributed by atoms with Crippen molar-refractivity contribution >= 4 is 35.0 Å². The van der Waals surface area contributed by atoms with Crippen LogP contribution in [0.25, 0.3) is 0 Å². The fraction of sp³-hybridized carbons (Fsp3) is 0. The van der Waals surface area contributed by atoms with Crippen molar-refractivity contribution in [1.29, 1.82) is 0 Å². The molecular formula is C16H11N2O5S-. The molecule has 0 fully saturated rings. The Labute approximate surface area is 141 Å². The summed E-state index contributed by atoms with van der Waals surface area (Å²) in [4.78, 5) is 33.5. The third-order valence-corrected chi connectivity index (χ3v) is 3.79. The number of non-ortho nitro benzene ring substituents is 1. The van der Waals surface area contributed by atoms with Crippen molar-refractivity contribution in [1.82, 2.24) is 0 Å². The van der Waals surface area contributed by atoms with Gasteiger partial charge in [0.2, 0.25) is 5.91 Å². The van der Waals surface area contributed by atoms with E-state index >= 15 is 0 Å². The van der Waals surface area contributed by atoms with Crippen LogP contribution in [-0.2, 0) is 9.59 Å². The first kappa shape index (κ1) is 17.2. The van der Waals surface area contributed by atoms with Gasteiger partial charge in [0.05, 0.1) is 10.9 Å². The molecule has 0 aliphatic carbocycles. The molecule has 0 spiro atoms. The highest BCUT2D eigenvalue weighted by Crippen LogP contribution is 2.29. The lowest BCUT2D eigenvalue weighted by molar-refractivity contribution is -0.384. The molecule has 2 rings (SSSR count). The van der Waals surface area contributed by atoms with Crippen LogP contribution in [0, 0.1) is 10.1 Å². The van der Waals surface area contributed by atoms with Gasteiger partial charge >= 0.3 is 0 Å². The van der Waals surface area contributed by atoms with E-state index in [1.165, 1.54) is 23.9 Å². The van der Waals surface area contributed by atoms with Gasteiger partial charge in [-0.05, 0) is 42.5 Å². The topological polar surface area (TPSA) is 112 Å². The van der Waals surface area contributed by atoms with E-state index in [4.69, 9.17) is 0 Å². The van der Waals surface area contributed by atoms with E-state index < -0.39 is 16.8 Å². The number of rotatable bonds is 6. The number of amides is 1. The van der Waals surface area contributed by atoms with Crippen molar-refractivity contribution in [2.75, 3.05) is 5.32 Å². The standard InChI is InChI=1S/C16H12N2O5S/c19-15(9-10-16(20)21)17-11-1-5-13(6-2-11)24-14-7-3-12(4-8-14)18(22)23/h1-10H,(H,17,19)(H,20,21)/p-1. The molecule has 0 atom stereocenters. The summed E-state index contributed by atoms with van der Waals surface area (Å²) in [6, 6.07) is 13.0. The van der Waals surface area contributed by atoms with E-state index in [1.807, 2.05) is 0 Å². The number of anilines is 1. The lowest BCUT2D eigenvalue weighted by Gasteiger charge is -2.05. The molecule has 122 valence electrons. The summed E-state index contributed by atoms with van der Waals surface area (Å²) in [5.74, 6) is -2.02. The average molecular weight is 343 g/mol. The molecule has 1 N–H and O–H groups in total. The number of hydrogen-bond donors (Lipinski definition) is 1. The number of benzene rings is 2. The maximum Gasteiger partial charge on any atom is 0.269 e. The molecule has 2 aromatic rings. The van der Waals surface area contributed by atoms with Gasteiger partial charge in [-0.15, -0.1) is 0 Å². The highest BCUT2D eigenvalue weighted by molar-refractivity contribution is 7.99. The number of aliphatic carboxylic acids is 1. The first-order valence-corrected chi connectivity index (χ1v) is 7.48. The molecule has 0 aliphatic rings. The Bertz CT molecular complexity index is 785. The minimum Gasteiger partial charge on any atom is -0.545 e. The summed E-state index contributed by atoms with van der Waals surface area (Å²) in [6.45, 7) is 0. The molecule has 0 saturated heterocycles. The van der Waals surface area contributed by atoms with Gasteiger partial charge in [-0.25, -0.2) is 0 Å². The summed E-state index contributed by atoms with van der Waals surface area (Å²) in [5, 5.41) is 23.3. The smallest absolute Gasteiger partial charge is 0.269 e. The van der Waals surface area contributed by atoms with Crippen LogP contribution < -0.4 is 10.4 Å². The minimum atomic E-state index is -1.44. The number of hydrogen-bond acceptors (Lipinski definition) is 6. The Morgan fingerprint density at radius 1 is 0.958 bits per heavy atom.